The molecule has 5 heteroatoms. The highest BCUT2D eigenvalue weighted by Crippen LogP contribution is 2.31. The van der Waals surface area contributed by atoms with Crippen LogP contribution in [0.25, 0.3) is 10.9 Å². The molecule has 0 radical (unpaired) electrons. The first kappa shape index (κ1) is 16.6. The smallest absolute Gasteiger partial charge is 0.229 e. The van der Waals surface area contributed by atoms with Crippen LogP contribution < -0.4 is 15.8 Å². The van der Waals surface area contributed by atoms with Gasteiger partial charge in [-0.25, -0.2) is 0 Å². The Kier molecular flexibility index (Phi) is 4.35. The Morgan fingerprint density at radius 1 is 1.42 bits per heavy atom. The van der Waals surface area contributed by atoms with Crippen LogP contribution in [-0.2, 0) is 4.79 Å². The van der Waals surface area contributed by atoms with Crippen LogP contribution in [0.5, 0.6) is 5.75 Å². The molecule has 1 heterocycles. The lowest BCUT2D eigenvalue weighted by molar-refractivity contribution is -0.132. The number of carbonyl (C=O) groups excluding carboxylic acids is 1. The molecule has 3 rings (SSSR count). The van der Waals surface area contributed by atoms with Crippen LogP contribution in [0.4, 0.5) is 5.69 Å². The number of pyridine rings is 1. The van der Waals surface area contributed by atoms with E-state index in [0.29, 0.717) is 17.5 Å². The molecule has 2 aromatic rings. The molecule has 1 aliphatic rings. The fraction of sp³-hybridized carbons (Fsp3) is 0.474. The zero-order valence-corrected chi connectivity index (χ0v) is 14.6. The van der Waals surface area contributed by atoms with Crippen LogP contribution in [0.2, 0.25) is 0 Å². The van der Waals surface area contributed by atoms with E-state index >= 15 is 0 Å². The summed E-state index contributed by atoms with van der Waals surface area (Å²) >= 11 is 0. The van der Waals surface area contributed by atoms with Crippen molar-refractivity contribution < 1.29 is 9.53 Å². The molecule has 0 spiro atoms. The van der Waals surface area contributed by atoms with Gasteiger partial charge in [-0.3, -0.25) is 9.78 Å². The minimum Gasteiger partial charge on any atom is -0.492 e. The SMILES string of the molecule is Cc1cc(N)c2c(OCC(C)(C)C(=O)NC3CCC3)cccc2n1. The van der Waals surface area contributed by atoms with E-state index in [9.17, 15) is 4.79 Å². The van der Waals surface area contributed by atoms with Gasteiger partial charge >= 0.3 is 0 Å². The summed E-state index contributed by atoms with van der Waals surface area (Å²) in [5.41, 5.74) is 7.87. The Morgan fingerprint density at radius 2 is 2.17 bits per heavy atom. The van der Waals surface area contributed by atoms with Gasteiger partial charge in [0.05, 0.1) is 16.3 Å². The second-order valence-electron chi connectivity index (χ2n) is 7.28. The van der Waals surface area contributed by atoms with E-state index in [0.717, 1.165) is 29.4 Å². The van der Waals surface area contributed by atoms with Crippen molar-refractivity contribution in [3.8, 4) is 5.75 Å². The van der Waals surface area contributed by atoms with Gasteiger partial charge in [0.1, 0.15) is 12.4 Å². The minimum atomic E-state index is -0.607. The number of nitrogens with one attached hydrogen (secondary N) is 1. The van der Waals surface area contributed by atoms with Crippen molar-refractivity contribution in [3.63, 3.8) is 0 Å². The van der Waals surface area contributed by atoms with E-state index < -0.39 is 5.41 Å². The lowest BCUT2D eigenvalue weighted by Gasteiger charge is -2.31. The van der Waals surface area contributed by atoms with E-state index in [2.05, 4.69) is 10.3 Å². The number of carbonyl (C=O) groups is 1. The molecule has 1 aromatic carbocycles. The van der Waals surface area contributed by atoms with Gasteiger partial charge < -0.3 is 15.8 Å². The van der Waals surface area contributed by atoms with Gasteiger partial charge in [-0.1, -0.05) is 6.07 Å². The van der Waals surface area contributed by atoms with Gasteiger partial charge in [0.2, 0.25) is 5.91 Å². The second-order valence-corrected chi connectivity index (χ2v) is 7.28. The van der Waals surface area contributed by atoms with Gasteiger partial charge in [-0.15, -0.1) is 0 Å². The molecule has 1 aromatic heterocycles. The van der Waals surface area contributed by atoms with Gasteiger partial charge in [-0.05, 0) is 58.2 Å². The Morgan fingerprint density at radius 3 is 2.83 bits per heavy atom. The van der Waals surface area contributed by atoms with Crippen molar-refractivity contribution in [2.45, 2.75) is 46.1 Å². The number of hydrogen-bond donors (Lipinski definition) is 2. The van der Waals surface area contributed by atoms with E-state index in [4.69, 9.17) is 10.5 Å². The highest BCUT2D eigenvalue weighted by atomic mass is 16.5. The number of aryl methyl sites for hydroxylation is 1. The molecule has 0 unspecified atom stereocenters. The number of amides is 1. The average molecular weight is 327 g/mol. The monoisotopic (exact) mass is 327 g/mol. The summed E-state index contributed by atoms with van der Waals surface area (Å²) in [6.45, 7) is 6.00. The van der Waals surface area contributed by atoms with E-state index in [1.54, 1.807) is 0 Å². The quantitative estimate of drug-likeness (QED) is 0.884. The number of ether oxygens (including phenoxy) is 1. The van der Waals surface area contributed by atoms with Gasteiger partial charge in [0.15, 0.2) is 0 Å². The number of nitrogens with two attached hydrogens (primary N) is 1. The van der Waals surface area contributed by atoms with Crippen molar-refractivity contribution in [1.29, 1.82) is 0 Å². The van der Waals surface area contributed by atoms with Gasteiger partial charge in [0, 0.05) is 17.4 Å². The maximum atomic E-state index is 12.4. The number of hydrogen-bond acceptors (Lipinski definition) is 4. The third-order valence-electron chi connectivity index (χ3n) is 4.60. The highest BCUT2D eigenvalue weighted by molar-refractivity contribution is 5.95. The Labute approximate surface area is 142 Å². The van der Waals surface area contributed by atoms with Crippen molar-refractivity contribution in [3.05, 3.63) is 30.0 Å². The summed E-state index contributed by atoms with van der Waals surface area (Å²) in [6, 6.07) is 7.85. The van der Waals surface area contributed by atoms with Crippen molar-refractivity contribution >= 4 is 22.5 Å². The maximum Gasteiger partial charge on any atom is 0.229 e. The van der Waals surface area contributed by atoms with Crippen LogP contribution in [0.15, 0.2) is 24.3 Å². The molecule has 5 nitrogen and oxygen atoms in total. The highest BCUT2D eigenvalue weighted by Gasteiger charge is 2.32. The molecule has 128 valence electrons. The Bertz CT molecular complexity index is 767. The zero-order valence-electron chi connectivity index (χ0n) is 14.6. The van der Waals surface area contributed by atoms with Crippen LogP contribution >= 0.6 is 0 Å². The molecule has 24 heavy (non-hydrogen) atoms. The number of anilines is 1. The predicted octanol–water partition coefficient (Wildman–Crippen LogP) is 3.20. The molecule has 1 fully saturated rings. The van der Waals surface area contributed by atoms with Crippen LogP contribution in [0.3, 0.4) is 0 Å². The number of rotatable bonds is 5. The number of fused-ring (bicyclic) bond motifs is 1. The summed E-state index contributed by atoms with van der Waals surface area (Å²) in [4.78, 5) is 16.9. The van der Waals surface area contributed by atoms with E-state index in [1.165, 1.54) is 6.42 Å². The summed E-state index contributed by atoms with van der Waals surface area (Å²) in [6.07, 6.45) is 3.35. The van der Waals surface area contributed by atoms with E-state index in [1.807, 2.05) is 45.0 Å². The minimum absolute atomic E-state index is 0.0365. The predicted molar refractivity (Wildman–Crippen MR) is 96.0 cm³/mol. The lowest BCUT2D eigenvalue weighted by atomic mass is 9.89. The fourth-order valence-corrected chi connectivity index (χ4v) is 2.80. The largest absolute Gasteiger partial charge is 0.492 e. The maximum absolute atomic E-state index is 12.4. The summed E-state index contributed by atoms with van der Waals surface area (Å²) in [5.74, 6) is 0.705. The standard InChI is InChI=1S/C19H25N3O2/c1-12-10-14(20)17-15(21-12)8-5-9-16(17)24-11-19(2,3)18(23)22-13-6-4-7-13/h5,8-10,13H,4,6-7,11H2,1-3H3,(H2,20,21)(H,22,23). The molecule has 1 amide bonds. The topological polar surface area (TPSA) is 77.2 Å². The first-order valence-electron chi connectivity index (χ1n) is 8.46. The molecule has 0 saturated heterocycles. The number of benzene rings is 1. The molecule has 0 bridgehead atoms. The molecule has 0 aliphatic heterocycles. The third-order valence-corrected chi connectivity index (χ3v) is 4.60. The van der Waals surface area contributed by atoms with Crippen molar-refractivity contribution in [1.82, 2.24) is 10.3 Å². The van der Waals surface area contributed by atoms with Crippen LogP contribution in [0.1, 0.15) is 38.8 Å². The molecule has 0 atom stereocenters. The molecule has 1 saturated carbocycles. The normalized spacial score (nSPS) is 15.1. The summed E-state index contributed by atoms with van der Waals surface area (Å²) in [7, 11) is 0. The Hall–Kier alpha value is -2.30. The van der Waals surface area contributed by atoms with Gasteiger partial charge in [0.25, 0.3) is 0 Å². The first-order valence-corrected chi connectivity index (χ1v) is 8.46. The third kappa shape index (κ3) is 3.30. The average Bonchev–Trinajstić information content (AvgIpc) is 2.48. The summed E-state index contributed by atoms with van der Waals surface area (Å²) in [5, 5.41) is 3.90. The number of aromatic nitrogens is 1. The van der Waals surface area contributed by atoms with Crippen molar-refractivity contribution in [2.75, 3.05) is 12.3 Å². The number of nitrogens with zero attached hydrogens (tertiary/aromatic N) is 1. The fourth-order valence-electron chi connectivity index (χ4n) is 2.80. The molecular formula is C19H25N3O2. The summed E-state index contributed by atoms with van der Waals surface area (Å²) < 4.78 is 5.98. The molecule has 3 N–H and O–H groups in total. The lowest BCUT2D eigenvalue weighted by Crippen LogP contribution is -2.47. The van der Waals surface area contributed by atoms with E-state index in [-0.39, 0.29) is 12.5 Å². The van der Waals surface area contributed by atoms with Gasteiger partial charge in [-0.2, -0.15) is 0 Å². The second kappa shape index (κ2) is 6.30. The van der Waals surface area contributed by atoms with Crippen LogP contribution in [0, 0.1) is 12.3 Å². The van der Waals surface area contributed by atoms with Crippen molar-refractivity contribution in [2.24, 2.45) is 5.41 Å². The molecule has 1 aliphatic carbocycles. The van der Waals surface area contributed by atoms with Crippen LogP contribution in [-0.4, -0.2) is 23.5 Å². The Balaban J connectivity index is 1.76. The first-order chi connectivity index (χ1) is 11.4. The number of nitrogen functional groups attached to an aromatic ring is 1. The molecular weight excluding hydrogens is 302 g/mol. The zero-order chi connectivity index (χ0) is 17.3.